The first-order valence-corrected chi connectivity index (χ1v) is 6.79. The Hall–Kier alpha value is -2.38. The first-order valence-electron chi connectivity index (χ1n) is 6.79. The Kier molecular flexibility index (Phi) is 5.02. The summed E-state index contributed by atoms with van der Waals surface area (Å²) in [7, 11) is 0. The molecule has 0 unspecified atom stereocenters. The molecular formula is C15H15F4N3O. The van der Waals surface area contributed by atoms with Crippen LogP contribution in [0.1, 0.15) is 35.4 Å². The monoisotopic (exact) mass is 329 g/mol. The second-order valence-electron chi connectivity index (χ2n) is 5.07. The molecule has 0 radical (unpaired) electrons. The van der Waals surface area contributed by atoms with E-state index in [-0.39, 0.29) is 0 Å². The molecule has 0 bridgehead atoms. The van der Waals surface area contributed by atoms with E-state index in [1.165, 1.54) is 0 Å². The van der Waals surface area contributed by atoms with E-state index in [2.05, 4.69) is 10.4 Å². The van der Waals surface area contributed by atoms with E-state index in [1.807, 2.05) is 6.07 Å². The summed E-state index contributed by atoms with van der Waals surface area (Å²) in [6, 6.07) is 6.01. The molecule has 0 saturated carbocycles. The molecule has 0 aliphatic rings. The van der Waals surface area contributed by atoms with Gasteiger partial charge in [-0.05, 0) is 31.0 Å². The number of anilines is 1. The summed E-state index contributed by atoms with van der Waals surface area (Å²) in [5, 5.41) is 5.98. The molecule has 8 heteroatoms. The van der Waals surface area contributed by atoms with Crippen LogP contribution in [0.25, 0.3) is 0 Å². The third-order valence-corrected chi connectivity index (χ3v) is 3.32. The number of carbonyl (C=O) groups excluding carboxylic acids is 1. The zero-order chi connectivity index (χ0) is 17.1. The fraction of sp³-hybridized carbons (Fsp3) is 0.333. The number of nitrogens with zero attached hydrogens (tertiary/aromatic N) is 2. The van der Waals surface area contributed by atoms with Crippen molar-refractivity contribution in [1.29, 1.82) is 0 Å². The fourth-order valence-electron chi connectivity index (χ4n) is 2.19. The Morgan fingerprint density at radius 3 is 2.30 bits per heavy atom. The molecule has 1 amide bonds. The summed E-state index contributed by atoms with van der Waals surface area (Å²) in [6.45, 7) is 3.01. The lowest BCUT2D eigenvalue weighted by Gasteiger charge is -2.12. The normalized spacial score (nSPS) is 11.3. The molecule has 1 aromatic heterocycles. The van der Waals surface area contributed by atoms with Gasteiger partial charge < -0.3 is 5.32 Å². The minimum atomic E-state index is -3.00. The number of rotatable bonds is 5. The highest BCUT2D eigenvalue weighted by atomic mass is 19.3. The number of halogens is 4. The van der Waals surface area contributed by atoms with Crippen molar-refractivity contribution in [2.45, 2.75) is 33.2 Å². The van der Waals surface area contributed by atoms with E-state index in [9.17, 15) is 22.4 Å². The molecule has 0 fully saturated rings. The third kappa shape index (κ3) is 3.88. The number of aryl methyl sites for hydroxylation is 2. The van der Waals surface area contributed by atoms with Gasteiger partial charge in [0.15, 0.2) is 0 Å². The van der Waals surface area contributed by atoms with Crippen LogP contribution in [0.2, 0.25) is 0 Å². The molecule has 0 spiro atoms. The van der Waals surface area contributed by atoms with Gasteiger partial charge in [-0.1, -0.05) is 18.2 Å². The van der Waals surface area contributed by atoms with Crippen LogP contribution in [0.15, 0.2) is 24.3 Å². The van der Waals surface area contributed by atoms with Crippen LogP contribution in [0.5, 0.6) is 0 Å². The highest BCUT2D eigenvalue weighted by molar-refractivity contribution is 5.92. The molecule has 1 heterocycles. The molecule has 1 aromatic carbocycles. The Bertz CT molecular complexity index is 692. The van der Waals surface area contributed by atoms with Crippen molar-refractivity contribution < 1.29 is 22.4 Å². The maximum absolute atomic E-state index is 12.9. The summed E-state index contributed by atoms with van der Waals surface area (Å²) in [4.78, 5) is 12.0. The molecular weight excluding hydrogens is 314 g/mol. The van der Waals surface area contributed by atoms with Crippen molar-refractivity contribution in [3.05, 3.63) is 46.8 Å². The summed E-state index contributed by atoms with van der Waals surface area (Å²) in [5.74, 6) is -0.617. The van der Waals surface area contributed by atoms with Crippen LogP contribution >= 0.6 is 0 Å². The lowest BCUT2D eigenvalue weighted by atomic mass is 10.1. The Morgan fingerprint density at radius 2 is 1.78 bits per heavy atom. The largest absolute Gasteiger partial charge is 0.324 e. The predicted octanol–water partition coefficient (Wildman–Crippen LogP) is 4.01. The van der Waals surface area contributed by atoms with Gasteiger partial charge in [-0.2, -0.15) is 5.10 Å². The summed E-state index contributed by atoms with van der Waals surface area (Å²) >= 11 is 0. The smallest absolute Gasteiger partial charge is 0.282 e. The molecule has 0 saturated heterocycles. The van der Waals surface area contributed by atoms with Gasteiger partial charge >= 0.3 is 0 Å². The molecule has 0 aliphatic heterocycles. The van der Waals surface area contributed by atoms with E-state index in [0.717, 1.165) is 11.1 Å². The Morgan fingerprint density at radius 1 is 1.17 bits per heavy atom. The highest BCUT2D eigenvalue weighted by Crippen LogP contribution is 2.25. The molecule has 1 N–H and O–H groups in total. The van der Waals surface area contributed by atoms with Gasteiger partial charge in [0.25, 0.3) is 12.9 Å². The van der Waals surface area contributed by atoms with Crippen molar-refractivity contribution in [2.24, 2.45) is 0 Å². The second-order valence-corrected chi connectivity index (χ2v) is 5.07. The first kappa shape index (κ1) is 17.0. The zero-order valence-corrected chi connectivity index (χ0v) is 12.5. The number of alkyl halides is 4. The van der Waals surface area contributed by atoms with Crippen LogP contribution < -0.4 is 5.32 Å². The minimum Gasteiger partial charge on any atom is -0.324 e. The highest BCUT2D eigenvalue weighted by Gasteiger charge is 2.22. The molecule has 2 rings (SSSR count). The number of para-hydroxylation sites is 1. The topological polar surface area (TPSA) is 46.9 Å². The van der Waals surface area contributed by atoms with Gasteiger partial charge in [0.2, 0.25) is 5.91 Å². The van der Waals surface area contributed by atoms with Gasteiger partial charge in [0.05, 0.1) is 0 Å². The van der Waals surface area contributed by atoms with Crippen LogP contribution in [0.4, 0.5) is 23.2 Å². The van der Waals surface area contributed by atoms with Crippen LogP contribution in [-0.4, -0.2) is 15.7 Å². The zero-order valence-electron chi connectivity index (χ0n) is 12.5. The van der Waals surface area contributed by atoms with E-state index in [0.29, 0.717) is 16.4 Å². The lowest BCUT2D eigenvalue weighted by molar-refractivity contribution is -0.117. The fourth-order valence-corrected chi connectivity index (χ4v) is 2.19. The van der Waals surface area contributed by atoms with Gasteiger partial charge in [0.1, 0.15) is 17.9 Å². The molecule has 124 valence electrons. The van der Waals surface area contributed by atoms with E-state index in [1.54, 1.807) is 26.0 Å². The summed E-state index contributed by atoms with van der Waals surface area (Å²) < 4.78 is 51.5. The standard InChI is InChI=1S/C15H15F4N3O/c1-8-4-3-5-9(2)13(8)20-12(23)7-22-11(15(18)19)6-10(21-22)14(16)17/h3-6,14-15H,7H2,1-2H3,(H,20,23). The van der Waals surface area contributed by atoms with Crippen LogP contribution in [0.3, 0.4) is 0 Å². The van der Waals surface area contributed by atoms with Gasteiger partial charge in [-0.3, -0.25) is 9.48 Å². The number of amides is 1. The Labute approximate surface area is 130 Å². The number of hydrogen-bond acceptors (Lipinski definition) is 2. The van der Waals surface area contributed by atoms with Crippen molar-refractivity contribution in [3.8, 4) is 0 Å². The van der Waals surface area contributed by atoms with Crippen molar-refractivity contribution in [1.82, 2.24) is 9.78 Å². The SMILES string of the molecule is Cc1cccc(C)c1NC(=O)Cn1nc(C(F)F)cc1C(F)F. The number of benzene rings is 1. The third-order valence-electron chi connectivity index (χ3n) is 3.32. The molecule has 2 aromatic rings. The second kappa shape index (κ2) is 6.80. The Balaban J connectivity index is 2.20. The van der Waals surface area contributed by atoms with Gasteiger partial charge in [-0.25, -0.2) is 17.6 Å². The van der Waals surface area contributed by atoms with E-state index < -0.39 is 36.7 Å². The summed E-state index contributed by atoms with van der Waals surface area (Å²) in [6.07, 6.45) is -5.97. The maximum Gasteiger partial charge on any atom is 0.282 e. The van der Waals surface area contributed by atoms with Crippen LogP contribution in [0, 0.1) is 13.8 Å². The minimum absolute atomic E-state index is 0.567. The molecule has 0 aliphatic carbocycles. The molecule has 0 atom stereocenters. The molecule has 23 heavy (non-hydrogen) atoms. The van der Waals surface area contributed by atoms with Gasteiger partial charge in [0, 0.05) is 5.69 Å². The van der Waals surface area contributed by atoms with E-state index >= 15 is 0 Å². The quantitative estimate of drug-likeness (QED) is 0.843. The average molecular weight is 329 g/mol. The lowest BCUT2D eigenvalue weighted by Crippen LogP contribution is -2.22. The summed E-state index contributed by atoms with van der Waals surface area (Å²) in [5.41, 5.74) is 0.691. The van der Waals surface area contributed by atoms with Crippen molar-refractivity contribution in [2.75, 3.05) is 5.32 Å². The first-order chi connectivity index (χ1) is 10.8. The van der Waals surface area contributed by atoms with Crippen molar-refractivity contribution in [3.63, 3.8) is 0 Å². The maximum atomic E-state index is 12.9. The van der Waals surface area contributed by atoms with E-state index in [4.69, 9.17) is 0 Å². The average Bonchev–Trinajstić information content (AvgIpc) is 2.87. The molecule has 4 nitrogen and oxygen atoms in total. The number of hydrogen-bond donors (Lipinski definition) is 1. The van der Waals surface area contributed by atoms with Crippen molar-refractivity contribution >= 4 is 11.6 Å². The number of aromatic nitrogens is 2. The number of carbonyl (C=O) groups is 1. The predicted molar refractivity (Wildman–Crippen MR) is 76.7 cm³/mol. The van der Waals surface area contributed by atoms with Gasteiger partial charge in [-0.15, -0.1) is 0 Å². The number of nitrogens with one attached hydrogen (secondary N) is 1. The van der Waals surface area contributed by atoms with Crippen LogP contribution in [-0.2, 0) is 11.3 Å².